The SMILES string of the molecule is COC(=O)c1nnc(-c2ncc(Cl)cc2NS(=O)(=O)c2ccc(Cl)c(C(F)(F)F)c2)n1C(C)C. The van der Waals surface area contributed by atoms with Crippen LogP contribution >= 0.6 is 23.2 Å². The number of nitrogens with one attached hydrogen (secondary N) is 1. The molecule has 1 N–H and O–H groups in total. The van der Waals surface area contributed by atoms with Gasteiger partial charge in [-0.25, -0.2) is 18.2 Å². The fraction of sp³-hybridized carbons (Fsp3) is 0.263. The van der Waals surface area contributed by atoms with Crippen LogP contribution < -0.4 is 4.72 Å². The molecule has 2 heterocycles. The number of nitrogens with zero attached hydrogens (tertiary/aromatic N) is 4. The van der Waals surface area contributed by atoms with Crippen molar-refractivity contribution in [2.24, 2.45) is 0 Å². The monoisotopic (exact) mass is 537 g/mol. The van der Waals surface area contributed by atoms with Crippen molar-refractivity contribution in [2.45, 2.75) is 31.0 Å². The highest BCUT2D eigenvalue weighted by Gasteiger charge is 2.35. The highest BCUT2D eigenvalue weighted by Crippen LogP contribution is 2.37. The number of sulfonamides is 1. The molecule has 9 nitrogen and oxygen atoms in total. The number of pyridine rings is 1. The van der Waals surface area contributed by atoms with Crippen LogP contribution in [0.25, 0.3) is 11.5 Å². The number of anilines is 1. The highest BCUT2D eigenvalue weighted by atomic mass is 35.5. The zero-order chi connectivity index (χ0) is 25.4. The second kappa shape index (κ2) is 9.39. The molecule has 0 radical (unpaired) electrons. The number of alkyl halides is 3. The van der Waals surface area contributed by atoms with Gasteiger partial charge >= 0.3 is 12.1 Å². The van der Waals surface area contributed by atoms with Gasteiger partial charge in [-0.3, -0.25) is 9.29 Å². The van der Waals surface area contributed by atoms with Crippen molar-refractivity contribution in [3.8, 4) is 11.5 Å². The first-order chi connectivity index (χ1) is 15.8. The van der Waals surface area contributed by atoms with Crippen molar-refractivity contribution in [1.29, 1.82) is 0 Å². The molecule has 0 amide bonds. The largest absolute Gasteiger partial charge is 0.463 e. The van der Waals surface area contributed by atoms with Gasteiger partial charge in [-0.15, -0.1) is 10.2 Å². The number of carbonyl (C=O) groups is 1. The zero-order valence-corrected chi connectivity index (χ0v) is 20.0. The summed E-state index contributed by atoms with van der Waals surface area (Å²) in [6.45, 7) is 3.43. The van der Waals surface area contributed by atoms with Crippen molar-refractivity contribution in [3.63, 3.8) is 0 Å². The van der Waals surface area contributed by atoms with Crippen molar-refractivity contribution < 1.29 is 31.1 Å². The molecule has 0 saturated carbocycles. The number of ether oxygens (including phenoxy) is 1. The van der Waals surface area contributed by atoms with Crippen molar-refractivity contribution in [3.05, 3.63) is 51.9 Å². The van der Waals surface area contributed by atoms with E-state index in [4.69, 9.17) is 27.9 Å². The van der Waals surface area contributed by atoms with Crippen LogP contribution in [0.2, 0.25) is 10.0 Å². The minimum Gasteiger partial charge on any atom is -0.463 e. The Hall–Kier alpha value is -2.90. The van der Waals surface area contributed by atoms with Crippen LogP contribution in [-0.4, -0.2) is 41.2 Å². The minimum absolute atomic E-state index is 0.00291. The molecule has 34 heavy (non-hydrogen) atoms. The number of benzene rings is 1. The first-order valence-corrected chi connectivity index (χ1v) is 11.6. The van der Waals surface area contributed by atoms with Crippen molar-refractivity contribution >= 4 is 44.9 Å². The third-order valence-corrected chi connectivity index (χ3v) is 6.34. The lowest BCUT2D eigenvalue weighted by Gasteiger charge is -2.16. The van der Waals surface area contributed by atoms with Gasteiger partial charge in [0.25, 0.3) is 10.0 Å². The average Bonchev–Trinajstić information content (AvgIpc) is 3.17. The molecule has 0 aliphatic rings. The van der Waals surface area contributed by atoms with E-state index in [2.05, 4.69) is 19.9 Å². The van der Waals surface area contributed by atoms with Crippen LogP contribution in [0.4, 0.5) is 18.9 Å². The van der Waals surface area contributed by atoms with Gasteiger partial charge < -0.3 is 4.74 Å². The number of hydrogen-bond acceptors (Lipinski definition) is 7. The summed E-state index contributed by atoms with van der Waals surface area (Å²) in [6, 6.07) is 2.97. The Labute approximate surface area is 201 Å². The quantitative estimate of drug-likeness (QED) is 0.447. The van der Waals surface area contributed by atoms with E-state index in [0.717, 1.165) is 19.2 Å². The van der Waals surface area contributed by atoms with Crippen molar-refractivity contribution in [2.75, 3.05) is 11.8 Å². The minimum atomic E-state index is -4.87. The molecular weight excluding hydrogens is 522 g/mol. The third kappa shape index (κ3) is 5.10. The number of hydrogen-bond donors (Lipinski definition) is 1. The molecule has 0 aliphatic carbocycles. The standard InChI is InChI=1S/C19H16Cl2F3N5O4S/c1-9(2)29-16(26-27-17(29)18(30)33-3)15-14(6-10(20)8-25-15)28-34(31,32)11-4-5-13(21)12(7-11)19(22,23)24/h4-9,28H,1-3H3. The number of esters is 1. The summed E-state index contributed by atoms with van der Waals surface area (Å²) >= 11 is 11.6. The summed E-state index contributed by atoms with van der Waals surface area (Å²) in [5, 5.41) is 7.10. The topological polar surface area (TPSA) is 116 Å². The Morgan fingerprint density at radius 3 is 2.44 bits per heavy atom. The van der Waals surface area contributed by atoms with E-state index < -0.39 is 37.7 Å². The number of halogens is 5. The van der Waals surface area contributed by atoms with Crippen LogP contribution in [0.1, 0.15) is 36.1 Å². The highest BCUT2D eigenvalue weighted by molar-refractivity contribution is 7.92. The second-order valence-electron chi connectivity index (χ2n) is 7.10. The average molecular weight is 538 g/mol. The number of rotatable bonds is 6. The van der Waals surface area contributed by atoms with E-state index in [0.29, 0.717) is 6.07 Å². The first-order valence-electron chi connectivity index (χ1n) is 9.35. The maximum Gasteiger partial charge on any atom is 0.417 e. The molecule has 0 fully saturated rings. The van der Waals surface area contributed by atoms with Crippen LogP contribution in [0, 0.1) is 0 Å². The normalized spacial score (nSPS) is 12.1. The summed E-state index contributed by atoms with van der Waals surface area (Å²) in [5.41, 5.74) is -1.60. The van der Waals surface area contributed by atoms with E-state index in [-0.39, 0.29) is 34.1 Å². The fourth-order valence-corrected chi connectivity index (χ4v) is 4.43. The number of carbonyl (C=O) groups excluding carboxylic acids is 1. The second-order valence-corrected chi connectivity index (χ2v) is 9.62. The Bertz CT molecular complexity index is 1360. The Kier molecular flexibility index (Phi) is 7.10. The molecule has 0 atom stereocenters. The van der Waals surface area contributed by atoms with Crippen LogP contribution in [0.5, 0.6) is 0 Å². The van der Waals surface area contributed by atoms with E-state index in [1.165, 1.54) is 16.8 Å². The Morgan fingerprint density at radius 2 is 1.85 bits per heavy atom. The third-order valence-electron chi connectivity index (χ3n) is 4.44. The van der Waals surface area contributed by atoms with E-state index >= 15 is 0 Å². The number of methoxy groups -OCH3 is 1. The van der Waals surface area contributed by atoms with Gasteiger partial charge in [-0.1, -0.05) is 23.2 Å². The molecule has 15 heteroatoms. The molecular formula is C19H16Cl2F3N5O4S. The molecule has 182 valence electrons. The van der Waals surface area contributed by atoms with Crippen LogP contribution in [0.3, 0.4) is 0 Å². The first kappa shape index (κ1) is 25.7. The molecule has 0 bridgehead atoms. The Balaban J connectivity index is 2.14. The summed E-state index contributed by atoms with van der Waals surface area (Å²) in [7, 11) is -3.41. The van der Waals surface area contributed by atoms with Gasteiger partial charge in [-0.05, 0) is 38.1 Å². The smallest absolute Gasteiger partial charge is 0.417 e. The fourth-order valence-electron chi connectivity index (χ4n) is 2.96. The van der Waals surface area contributed by atoms with Gasteiger partial charge in [-0.2, -0.15) is 13.2 Å². The van der Waals surface area contributed by atoms with Gasteiger partial charge in [0, 0.05) is 12.2 Å². The van der Waals surface area contributed by atoms with Crippen LogP contribution in [-0.2, 0) is 20.9 Å². The molecule has 0 unspecified atom stereocenters. The van der Waals surface area contributed by atoms with E-state index in [1.54, 1.807) is 13.8 Å². The Morgan fingerprint density at radius 1 is 1.18 bits per heavy atom. The zero-order valence-electron chi connectivity index (χ0n) is 17.7. The van der Waals surface area contributed by atoms with Gasteiger partial charge in [0.05, 0.1) is 33.3 Å². The molecule has 3 rings (SSSR count). The summed E-state index contributed by atoms with van der Waals surface area (Å²) in [6.07, 6.45) is -3.67. The lowest BCUT2D eigenvalue weighted by molar-refractivity contribution is -0.137. The van der Waals surface area contributed by atoms with Gasteiger partial charge in [0.2, 0.25) is 5.82 Å². The maximum absolute atomic E-state index is 13.2. The lowest BCUT2D eigenvalue weighted by atomic mass is 10.2. The predicted octanol–water partition coefficient (Wildman–Crippen LogP) is 4.83. The molecule has 0 saturated heterocycles. The summed E-state index contributed by atoms with van der Waals surface area (Å²) < 4.78 is 73.8. The van der Waals surface area contributed by atoms with Crippen LogP contribution in [0.15, 0.2) is 35.4 Å². The lowest BCUT2D eigenvalue weighted by Crippen LogP contribution is -2.17. The molecule has 0 aliphatic heterocycles. The summed E-state index contributed by atoms with van der Waals surface area (Å²) in [4.78, 5) is 15.5. The summed E-state index contributed by atoms with van der Waals surface area (Å²) in [5.74, 6) is -0.952. The van der Waals surface area contributed by atoms with Gasteiger partial charge in [0.15, 0.2) is 5.82 Å². The molecule has 2 aromatic heterocycles. The molecule has 0 spiro atoms. The maximum atomic E-state index is 13.2. The molecule has 1 aromatic carbocycles. The van der Waals surface area contributed by atoms with Crippen molar-refractivity contribution in [1.82, 2.24) is 19.7 Å². The van der Waals surface area contributed by atoms with E-state index in [1.807, 2.05) is 0 Å². The van der Waals surface area contributed by atoms with E-state index in [9.17, 15) is 26.4 Å². The number of aromatic nitrogens is 4. The predicted molar refractivity (Wildman–Crippen MR) is 117 cm³/mol. The molecule has 3 aromatic rings. The van der Waals surface area contributed by atoms with Gasteiger partial charge in [0.1, 0.15) is 5.69 Å².